The minimum Gasteiger partial charge on any atom is -0.497 e. The van der Waals surface area contributed by atoms with E-state index in [4.69, 9.17) is 9.15 Å². The minimum atomic E-state index is 0.178. The van der Waals surface area contributed by atoms with Gasteiger partial charge in [0.25, 0.3) is 0 Å². The van der Waals surface area contributed by atoms with Crippen LogP contribution in [0.4, 0.5) is 0 Å². The van der Waals surface area contributed by atoms with Crippen LogP contribution < -0.4 is 4.74 Å². The molecule has 2 aromatic heterocycles. The van der Waals surface area contributed by atoms with Crippen LogP contribution in [-0.4, -0.2) is 36.0 Å². The number of rotatable bonds is 4. The molecule has 30 heavy (non-hydrogen) atoms. The summed E-state index contributed by atoms with van der Waals surface area (Å²) in [6, 6.07) is 12.3. The number of amides is 1. The van der Waals surface area contributed by atoms with Gasteiger partial charge in [-0.2, -0.15) is 0 Å². The molecule has 5 nitrogen and oxygen atoms in total. The number of ether oxygens (including phenoxy) is 1. The SMILES string of the molecule is COc1ccc2[nH]cc(C3CCN(C(=O)Cc4coc5cc(C)ccc45)CC3)c2c1. The van der Waals surface area contributed by atoms with Gasteiger partial charge in [-0.25, -0.2) is 0 Å². The van der Waals surface area contributed by atoms with Crippen molar-refractivity contribution in [1.29, 1.82) is 0 Å². The smallest absolute Gasteiger partial charge is 0.227 e. The van der Waals surface area contributed by atoms with Gasteiger partial charge in [-0.3, -0.25) is 4.79 Å². The predicted molar refractivity (Wildman–Crippen MR) is 118 cm³/mol. The van der Waals surface area contributed by atoms with Gasteiger partial charge in [-0.1, -0.05) is 12.1 Å². The van der Waals surface area contributed by atoms with Gasteiger partial charge in [0, 0.05) is 41.1 Å². The van der Waals surface area contributed by atoms with Crippen LogP contribution in [0.1, 0.15) is 35.4 Å². The number of aromatic amines is 1. The number of nitrogens with one attached hydrogen (secondary N) is 1. The highest BCUT2D eigenvalue weighted by atomic mass is 16.5. The number of benzene rings is 2. The number of carbonyl (C=O) groups excluding carboxylic acids is 1. The Morgan fingerprint density at radius 3 is 2.80 bits per heavy atom. The van der Waals surface area contributed by atoms with E-state index in [9.17, 15) is 4.79 Å². The molecule has 1 aliphatic rings. The number of H-pyrrole nitrogens is 1. The van der Waals surface area contributed by atoms with E-state index in [0.717, 1.165) is 59.3 Å². The molecule has 5 heteroatoms. The third kappa shape index (κ3) is 3.34. The maximum atomic E-state index is 12.9. The van der Waals surface area contributed by atoms with Crippen molar-refractivity contribution in [2.24, 2.45) is 0 Å². The van der Waals surface area contributed by atoms with Gasteiger partial charge in [0.1, 0.15) is 11.3 Å². The maximum absolute atomic E-state index is 12.9. The number of hydrogen-bond donors (Lipinski definition) is 1. The molecule has 5 rings (SSSR count). The highest BCUT2D eigenvalue weighted by Crippen LogP contribution is 2.35. The standard InChI is InChI=1S/C25H26N2O3/c1-16-3-5-20-18(15-30-24(20)11-16)12-25(28)27-9-7-17(8-10-27)22-14-26-23-6-4-19(29-2)13-21(22)23/h3-6,11,13-15,17,26H,7-10,12H2,1-2H3. The van der Waals surface area contributed by atoms with Crippen molar-refractivity contribution in [2.45, 2.75) is 32.1 Å². The number of methoxy groups -OCH3 is 1. The number of piperidine rings is 1. The Bertz CT molecular complexity index is 1210. The van der Waals surface area contributed by atoms with Crippen LogP contribution in [0.5, 0.6) is 5.75 Å². The highest BCUT2D eigenvalue weighted by Gasteiger charge is 2.26. The second-order valence-corrected chi connectivity index (χ2v) is 8.25. The number of aryl methyl sites for hydroxylation is 1. The fourth-order valence-electron chi connectivity index (χ4n) is 4.63. The van der Waals surface area contributed by atoms with Crippen molar-refractivity contribution in [3.63, 3.8) is 0 Å². The fraction of sp³-hybridized carbons (Fsp3) is 0.320. The van der Waals surface area contributed by atoms with Crippen LogP contribution in [0.2, 0.25) is 0 Å². The Balaban J connectivity index is 1.27. The third-order valence-electron chi connectivity index (χ3n) is 6.36. The average molecular weight is 402 g/mol. The molecule has 1 fully saturated rings. The number of furan rings is 1. The normalized spacial score (nSPS) is 15.2. The Hall–Kier alpha value is -3.21. The van der Waals surface area contributed by atoms with Gasteiger partial charge in [-0.05, 0) is 61.1 Å². The van der Waals surface area contributed by atoms with E-state index >= 15 is 0 Å². The Kier molecular flexibility index (Phi) is 4.74. The van der Waals surface area contributed by atoms with E-state index in [1.807, 2.05) is 30.0 Å². The minimum absolute atomic E-state index is 0.178. The van der Waals surface area contributed by atoms with E-state index in [0.29, 0.717) is 12.3 Å². The molecule has 3 heterocycles. The molecular weight excluding hydrogens is 376 g/mol. The lowest BCUT2D eigenvalue weighted by Crippen LogP contribution is -2.38. The summed E-state index contributed by atoms with van der Waals surface area (Å²) in [5.74, 6) is 1.50. The summed E-state index contributed by atoms with van der Waals surface area (Å²) in [7, 11) is 1.70. The van der Waals surface area contributed by atoms with Gasteiger partial charge in [0.2, 0.25) is 5.91 Å². The summed E-state index contributed by atoms with van der Waals surface area (Å²) in [4.78, 5) is 18.3. The van der Waals surface area contributed by atoms with Crippen LogP contribution in [0.15, 0.2) is 53.3 Å². The molecule has 4 aromatic rings. The van der Waals surface area contributed by atoms with Gasteiger partial charge < -0.3 is 19.0 Å². The van der Waals surface area contributed by atoms with Crippen LogP contribution >= 0.6 is 0 Å². The first-order chi connectivity index (χ1) is 14.6. The average Bonchev–Trinajstić information content (AvgIpc) is 3.37. The molecule has 1 N–H and O–H groups in total. The van der Waals surface area contributed by atoms with Crippen LogP contribution in [-0.2, 0) is 11.2 Å². The van der Waals surface area contributed by atoms with E-state index in [1.54, 1.807) is 13.4 Å². The van der Waals surface area contributed by atoms with Crippen LogP contribution in [0.3, 0.4) is 0 Å². The van der Waals surface area contributed by atoms with Crippen molar-refractivity contribution >= 4 is 27.8 Å². The summed E-state index contributed by atoms with van der Waals surface area (Å²) >= 11 is 0. The molecule has 1 amide bonds. The molecule has 1 aliphatic heterocycles. The number of hydrogen-bond acceptors (Lipinski definition) is 3. The lowest BCUT2D eigenvalue weighted by molar-refractivity contribution is -0.131. The number of nitrogens with zero attached hydrogens (tertiary/aromatic N) is 1. The second kappa shape index (κ2) is 7.56. The van der Waals surface area contributed by atoms with E-state index < -0.39 is 0 Å². The lowest BCUT2D eigenvalue weighted by Gasteiger charge is -2.32. The molecule has 1 saturated heterocycles. The fourth-order valence-corrected chi connectivity index (χ4v) is 4.63. The number of likely N-dealkylation sites (tertiary alicyclic amines) is 1. The first-order valence-corrected chi connectivity index (χ1v) is 10.5. The van der Waals surface area contributed by atoms with E-state index in [2.05, 4.69) is 29.4 Å². The Morgan fingerprint density at radius 1 is 1.17 bits per heavy atom. The number of carbonyl (C=O) groups is 1. The lowest BCUT2D eigenvalue weighted by atomic mass is 9.89. The molecule has 0 saturated carbocycles. The number of aromatic nitrogens is 1. The summed E-state index contributed by atoms with van der Waals surface area (Å²) in [6.45, 7) is 3.62. The zero-order chi connectivity index (χ0) is 20.7. The molecule has 0 unspecified atom stereocenters. The molecule has 0 aliphatic carbocycles. The molecule has 0 spiro atoms. The third-order valence-corrected chi connectivity index (χ3v) is 6.36. The monoisotopic (exact) mass is 402 g/mol. The molecule has 0 radical (unpaired) electrons. The first-order valence-electron chi connectivity index (χ1n) is 10.5. The summed E-state index contributed by atoms with van der Waals surface area (Å²) in [5, 5.41) is 2.26. The zero-order valence-corrected chi connectivity index (χ0v) is 17.4. The quantitative estimate of drug-likeness (QED) is 0.512. The first kappa shape index (κ1) is 18.8. The molecule has 0 atom stereocenters. The summed E-state index contributed by atoms with van der Waals surface area (Å²) < 4.78 is 11.1. The van der Waals surface area contributed by atoms with Crippen molar-refractivity contribution in [3.05, 3.63) is 65.5 Å². The van der Waals surface area contributed by atoms with Crippen molar-refractivity contribution in [2.75, 3.05) is 20.2 Å². The van der Waals surface area contributed by atoms with Gasteiger partial charge in [0.05, 0.1) is 19.8 Å². The highest BCUT2D eigenvalue weighted by molar-refractivity contribution is 5.88. The van der Waals surface area contributed by atoms with E-state index in [-0.39, 0.29) is 5.91 Å². The summed E-state index contributed by atoms with van der Waals surface area (Å²) in [6.07, 6.45) is 6.19. The topological polar surface area (TPSA) is 58.5 Å². The largest absolute Gasteiger partial charge is 0.497 e. The van der Waals surface area contributed by atoms with Crippen LogP contribution in [0, 0.1) is 6.92 Å². The maximum Gasteiger partial charge on any atom is 0.227 e. The molecule has 154 valence electrons. The second-order valence-electron chi connectivity index (χ2n) is 8.25. The Labute approximate surface area is 175 Å². The van der Waals surface area contributed by atoms with Crippen LogP contribution in [0.25, 0.3) is 21.9 Å². The van der Waals surface area contributed by atoms with Crippen molar-refractivity contribution in [3.8, 4) is 5.75 Å². The molecular formula is C25H26N2O3. The molecule has 0 bridgehead atoms. The van der Waals surface area contributed by atoms with E-state index in [1.165, 1.54) is 10.9 Å². The molecule has 2 aromatic carbocycles. The predicted octanol–water partition coefficient (Wildman–Crippen LogP) is 5.18. The van der Waals surface area contributed by atoms with Crippen molar-refractivity contribution < 1.29 is 13.9 Å². The number of fused-ring (bicyclic) bond motifs is 2. The van der Waals surface area contributed by atoms with Crippen molar-refractivity contribution in [1.82, 2.24) is 9.88 Å². The van der Waals surface area contributed by atoms with Gasteiger partial charge >= 0.3 is 0 Å². The summed E-state index contributed by atoms with van der Waals surface area (Å²) in [5.41, 5.74) is 5.44. The zero-order valence-electron chi connectivity index (χ0n) is 17.4. The Morgan fingerprint density at radius 2 is 2.00 bits per heavy atom. The van der Waals surface area contributed by atoms with Gasteiger partial charge in [0.15, 0.2) is 0 Å². The van der Waals surface area contributed by atoms with Gasteiger partial charge in [-0.15, -0.1) is 0 Å².